The molecule has 0 aromatic heterocycles. The van der Waals surface area contributed by atoms with E-state index < -0.39 is 0 Å². The van der Waals surface area contributed by atoms with E-state index in [0.717, 1.165) is 0 Å². The zero-order valence-electron chi connectivity index (χ0n) is 21.3. The first kappa shape index (κ1) is 24.4. The highest BCUT2D eigenvalue weighted by Gasteiger charge is 2.26. The Morgan fingerprint density at radius 3 is 1.62 bits per heavy atom. The van der Waals surface area contributed by atoms with Gasteiger partial charge in [-0.3, -0.25) is 0 Å². The third kappa shape index (κ3) is 5.15. The molecule has 4 aromatic rings. The molecule has 4 aromatic carbocycles. The van der Waals surface area contributed by atoms with E-state index in [2.05, 4.69) is 139 Å². The van der Waals surface area contributed by atoms with Crippen LogP contribution >= 0.6 is 11.8 Å². The second-order valence-corrected chi connectivity index (χ2v) is 11.8. The van der Waals surface area contributed by atoms with Gasteiger partial charge in [-0.1, -0.05) is 120 Å². The van der Waals surface area contributed by atoms with Crippen molar-refractivity contribution in [3.63, 3.8) is 0 Å². The van der Waals surface area contributed by atoms with Crippen LogP contribution in [0.25, 0.3) is 22.3 Å². The first-order chi connectivity index (χ1) is 16.3. The molecule has 0 aliphatic carbocycles. The average molecular weight is 465 g/mol. The van der Waals surface area contributed by atoms with Gasteiger partial charge in [0.15, 0.2) is 0 Å². The first-order valence-corrected chi connectivity index (χ1v) is 13.2. The quantitative estimate of drug-likeness (QED) is 0.245. The minimum Gasteiger partial charge on any atom is -0.123 e. The lowest BCUT2D eigenvalue weighted by Gasteiger charge is -2.29. The lowest BCUT2D eigenvalue weighted by Crippen LogP contribution is -2.19. The molecular formula is C33H36S. The smallest absolute Gasteiger partial charge is 0.0153 e. The molecule has 0 aliphatic heterocycles. The van der Waals surface area contributed by atoms with Crippen LogP contribution in [0.5, 0.6) is 0 Å². The molecule has 174 valence electrons. The summed E-state index contributed by atoms with van der Waals surface area (Å²) < 4.78 is 0. The molecule has 0 fully saturated rings. The van der Waals surface area contributed by atoms with Gasteiger partial charge in [-0.05, 0) is 63.1 Å². The fraction of sp³-hybridized carbons (Fsp3) is 0.273. The van der Waals surface area contributed by atoms with Crippen molar-refractivity contribution in [1.29, 1.82) is 0 Å². The minimum absolute atomic E-state index is 0.121. The number of hydrogen-bond acceptors (Lipinski definition) is 1. The van der Waals surface area contributed by atoms with Crippen molar-refractivity contribution in [2.75, 3.05) is 0 Å². The monoisotopic (exact) mass is 464 g/mol. The number of benzene rings is 4. The van der Waals surface area contributed by atoms with Crippen LogP contribution in [0.4, 0.5) is 0 Å². The van der Waals surface area contributed by atoms with Crippen LogP contribution in [-0.2, 0) is 5.41 Å². The molecule has 34 heavy (non-hydrogen) atoms. The molecule has 0 spiro atoms. The van der Waals surface area contributed by atoms with Gasteiger partial charge in [-0.15, -0.1) is 11.8 Å². The molecule has 0 amide bonds. The maximum absolute atomic E-state index is 2.42. The molecule has 0 atom stereocenters. The van der Waals surface area contributed by atoms with E-state index in [0.29, 0.717) is 11.2 Å². The molecule has 0 unspecified atom stereocenters. The van der Waals surface area contributed by atoms with E-state index >= 15 is 0 Å². The van der Waals surface area contributed by atoms with Gasteiger partial charge in [0, 0.05) is 15.6 Å². The summed E-state index contributed by atoms with van der Waals surface area (Å²) in [6, 6.07) is 35.8. The maximum Gasteiger partial charge on any atom is 0.0153 e. The van der Waals surface area contributed by atoms with Crippen LogP contribution in [0.3, 0.4) is 0 Å². The summed E-state index contributed by atoms with van der Waals surface area (Å²) in [7, 11) is 0. The summed E-state index contributed by atoms with van der Waals surface area (Å²) in [6.45, 7) is 13.8. The zero-order valence-corrected chi connectivity index (χ0v) is 22.1. The summed E-state index contributed by atoms with van der Waals surface area (Å²) in [5, 5.41) is 0.540. The molecule has 0 saturated carbocycles. The second-order valence-electron chi connectivity index (χ2n) is 10.2. The normalized spacial score (nSPS) is 11.9. The van der Waals surface area contributed by atoms with Crippen LogP contribution in [-0.4, -0.2) is 5.25 Å². The standard InChI is InChI=1S/C33H36S/c1-23(2)29-19-17-27(21-30(29)25-13-9-7-10-14-25)33(5,6)28-18-20-32(34-24(3)4)31(22-28)26-15-11-8-12-16-26/h7-24H,1-6H3. The van der Waals surface area contributed by atoms with E-state index in [4.69, 9.17) is 0 Å². The molecule has 0 heterocycles. The van der Waals surface area contributed by atoms with Crippen LogP contribution in [0.15, 0.2) is 102 Å². The molecule has 0 aliphatic rings. The Bertz CT molecular complexity index is 1230. The Morgan fingerprint density at radius 1 is 0.588 bits per heavy atom. The number of thioether (sulfide) groups is 1. The summed E-state index contributed by atoms with van der Waals surface area (Å²) in [4.78, 5) is 1.35. The average Bonchev–Trinajstić information content (AvgIpc) is 2.84. The maximum atomic E-state index is 2.42. The van der Waals surface area contributed by atoms with Crippen molar-refractivity contribution < 1.29 is 0 Å². The molecule has 4 rings (SSSR count). The van der Waals surface area contributed by atoms with Crippen molar-refractivity contribution in [1.82, 2.24) is 0 Å². The van der Waals surface area contributed by atoms with Gasteiger partial charge in [-0.25, -0.2) is 0 Å². The molecule has 1 heteroatoms. The van der Waals surface area contributed by atoms with Crippen molar-refractivity contribution >= 4 is 11.8 Å². The van der Waals surface area contributed by atoms with Gasteiger partial charge >= 0.3 is 0 Å². The molecule has 0 bridgehead atoms. The summed E-state index contributed by atoms with van der Waals surface area (Å²) in [5.41, 5.74) is 9.21. The Morgan fingerprint density at radius 2 is 1.09 bits per heavy atom. The van der Waals surface area contributed by atoms with Crippen LogP contribution in [0.1, 0.15) is 64.2 Å². The first-order valence-electron chi connectivity index (χ1n) is 12.3. The molecule has 0 saturated heterocycles. The van der Waals surface area contributed by atoms with E-state index in [1.165, 1.54) is 43.8 Å². The van der Waals surface area contributed by atoms with Crippen LogP contribution < -0.4 is 0 Å². The third-order valence-corrected chi connectivity index (χ3v) is 7.71. The highest BCUT2D eigenvalue weighted by molar-refractivity contribution is 8.00. The predicted molar refractivity (Wildman–Crippen MR) is 151 cm³/mol. The van der Waals surface area contributed by atoms with E-state index in [1.807, 2.05) is 11.8 Å². The van der Waals surface area contributed by atoms with Crippen molar-refractivity contribution in [3.8, 4) is 22.3 Å². The van der Waals surface area contributed by atoms with Gasteiger partial charge in [0.1, 0.15) is 0 Å². The van der Waals surface area contributed by atoms with Crippen molar-refractivity contribution in [2.24, 2.45) is 0 Å². The summed E-state index contributed by atoms with van der Waals surface area (Å²) in [5.74, 6) is 0.476. The van der Waals surface area contributed by atoms with E-state index in [1.54, 1.807) is 0 Å². The third-order valence-electron chi connectivity index (χ3n) is 6.63. The predicted octanol–water partition coefficient (Wildman–Crippen LogP) is 9.97. The summed E-state index contributed by atoms with van der Waals surface area (Å²) >= 11 is 1.94. The Hall–Kier alpha value is -2.77. The highest BCUT2D eigenvalue weighted by Crippen LogP contribution is 2.41. The highest BCUT2D eigenvalue weighted by atomic mass is 32.2. The van der Waals surface area contributed by atoms with Crippen LogP contribution in [0, 0.1) is 0 Å². The van der Waals surface area contributed by atoms with Crippen molar-refractivity contribution in [2.45, 2.75) is 63.0 Å². The fourth-order valence-corrected chi connectivity index (χ4v) is 5.56. The number of rotatable bonds is 7. The Balaban J connectivity index is 1.83. The minimum atomic E-state index is -0.121. The van der Waals surface area contributed by atoms with Gasteiger partial charge < -0.3 is 0 Å². The van der Waals surface area contributed by atoms with Crippen LogP contribution in [0.2, 0.25) is 0 Å². The molecule has 0 radical (unpaired) electrons. The molecular weight excluding hydrogens is 428 g/mol. The molecule has 0 N–H and O–H groups in total. The zero-order chi connectivity index (χ0) is 24.3. The van der Waals surface area contributed by atoms with Gasteiger partial charge in [0.2, 0.25) is 0 Å². The lowest BCUT2D eigenvalue weighted by atomic mass is 9.75. The summed E-state index contributed by atoms with van der Waals surface area (Å²) in [6.07, 6.45) is 0. The fourth-order valence-electron chi connectivity index (χ4n) is 4.60. The van der Waals surface area contributed by atoms with E-state index in [-0.39, 0.29) is 5.41 Å². The topological polar surface area (TPSA) is 0 Å². The van der Waals surface area contributed by atoms with E-state index in [9.17, 15) is 0 Å². The van der Waals surface area contributed by atoms with Crippen molar-refractivity contribution in [3.05, 3.63) is 114 Å². The van der Waals surface area contributed by atoms with Gasteiger partial charge in [-0.2, -0.15) is 0 Å². The lowest BCUT2D eigenvalue weighted by molar-refractivity contribution is 0.640. The molecule has 0 nitrogen and oxygen atoms in total. The SMILES string of the molecule is CC(C)Sc1ccc(C(C)(C)c2ccc(C(C)C)c(-c3ccccc3)c2)cc1-c1ccccc1. The Labute approximate surface area is 210 Å². The van der Waals surface area contributed by atoms with Gasteiger partial charge in [0.05, 0.1) is 0 Å². The number of hydrogen-bond donors (Lipinski definition) is 0. The second kappa shape index (κ2) is 10.2. The Kier molecular flexibility index (Phi) is 7.33. The van der Waals surface area contributed by atoms with Gasteiger partial charge in [0.25, 0.3) is 0 Å². The largest absolute Gasteiger partial charge is 0.123 e.